The maximum Gasteiger partial charge on any atom is 0.355 e. The molecule has 0 fully saturated rings. The van der Waals surface area contributed by atoms with Crippen LogP contribution in [0.25, 0.3) is 0 Å². The average Bonchev–Trinajstić information content (AvgIpc) is 3.02. The molecule has 0 unspecified atom stereocenters. The molecular formula is C27H49NO2. The van der Waals surface area contributed by atoms with Gasteiger partial charge in [0.2, 0.25) is 0 Å². The Hall–Kier alpha value is -1.25. The summed E-state index contributed by atoms with van der Waals surface area (Å²) in [7, 11) is 0. The van der Waals surface area contributed by atoms with E-state index >= 15 is 0 Å². The number of aryl methyl sites for hydroxylation is 1. The van der Waals surface area contributed by atoms with Gasteiger partial charge in [0.05, 0.1) is 6.61 Å². The molecule has 0 spiro atoms. The van der Waals surface area contributed by atoms with E-state index in [0.29, 0.717) is 12.3 Å². The topological polar surface area (TPSA) is 42.1 Å². The number of unbranched alkanes of at least 4 members (excludes halogenated alkanes) is 15. The van der Waals surface area contributed by atoms with E-state index in [1.165, 1.54) is 102 Å². The zero-order chi connectivity index (χ0) is 22.0. The summed E-state index contributed by atoms with van der Waals surface area (Å²) in [5.74, 6) is -0.208. The lowest BCUT2D eigenvalue weighted by Crippen LogP contribution is -2.08. The van der Waals surface area contributed by atoms with Crippen LogP contribution in [0.4, 0.5) is 0 Å². The molecule has 0 aliphatic heterocycles. The summed E-state index contributed by atoms with van der Waals surface area (Å²) in [5.41, 5.74) is 4.15. The molecule has 0 bridgehead atoms. The molecule has 30 heavy (non-hydrogen) atoms. The first-order valence-corrected chi connectivity index (χ1v) is 13.0. The molecule has 174 valence electrons. The number of nitrogens with one attached hydrogen (secondary N) is 1. The lowest BCUT2D eigenvalue weighted by Gasteiger charge is -2.06. The number of aromatic amines is 1. The van der Waals surface area contributed by atoms with Crippen LogP contribution in [0.15, 0.2) is 0 Å². The average molecular weight is 420 g/mol. The second-order valence-corrected chi connectivity index (χ2v) is 9.00. The predicted molar refractivity (Wildman–Crippen MR) is 129 cm³/mol. The first-order valence-electron chi connectivity index (χ1n) is 13.0. The molecule has 0 radical (unpaired) electrons. The first-order chi connectivity index (χ1) is 14.6. The standard InChI is InChI=1S/C27H49NO2/c1-5-7-8-9-10-11-12-13-14-15-16-17-18-19-20-21-22-25-23(3)24(4)28-26(25)27(29)30-6-2/h28H,5-22H2,1-4H3. The fraction of sp³-hybridized carbons (Fsp3) is 0.815. The molecule has 1 aromatic heterocycles. The van der Waals surface area contributed by atoms with E-state index in [4.69, 9.17) is 4.74 Å². The number of hydrogen-bond acceptors (Lipinski definition) is 2. The SMILES string of the molecule is CCCCCCCCCCCCCCCCCCc1c(C(=O)OCC)[nH]c(C)c1C. The highest BCUT2D eigenvalue weighted by Crippen LogP contribution is 2.22. The number of H-pyrrole nitrogens is 1. The molecule has 3 nitrogen and oxygen atoms in total. The number of carbonyl (C=O) groups excluding carboxylic acids is 1. The molecule has 0 aromatic carbocycles. The predicted octanol–water partition coefficient (Wildman–Crippen LogP) is 8.61. The smallest absolute Gasteiger partial charge is 0.355 e. The maximum atomic E-state index is 12.1. The summed E-state index contributed by atoms with van der Waals surface area (Å²) in [4.78, 5) is 15.4. The van der Waals surface area contributed by atoms with Gasteiger partial charge in [-0.3, -0.25) is 0 Å². The van der Waals surface area contributed by atoms with Gasteiger partial charge in [-0.15, -0.1) is 0 Å². The molecule has 3 heteroatoms. The maximum absolute atomic E-state index is 12.1. The van der Waals surface area contributed by atoms with E-state index in [9.17, 15) is 4.79 Å². The van der Waals surface area contributed by atoms with E-state index in [-0.39, 0.29) is 5.97 Å². The molecular weight excluding hydrogens is 370 g/mol. The number of aromatic nitrogens is 1. The monoisotopic (exact) mass is 419 g/mol. The molecule has 0 saturated heterocycles. The molecule has 0 saturated carbocycles. The molecule has 0 aliphatic carbocycles. The largest absolute Gasteiger partial charge is 0.461 e. The normalized spacial score (nSPS) is 11.2. The van der Waals surface area contributed by atoms with Gasteiger partial charge in [0.15, 0.2) is 0 Å². The summed E-state index contributed by atoms with van der Waals surface area (Å²) in [6, 6.07) is 0. The van der Waals surface area contributed by atoms with Gasteiger partial charge in [-0.25, -0.2) is 4.79 Å². The molecule has 1 aromatic rings. The lowest BCUT2D eigenvalue weighted by atomic mass is 10.0. The Bertz CT molecular complexity index is 561. The van der Waals surface area contributed by atoms with Crippen LogP contribution in [0, 0.1) is 13.8 Å². The van der Waals surface area contributed by atoms with Crippen LogP contribution >= 0.6 is 0 Å². The van der Waals surface area contributed by atoms with Crippen LogP contribution in [0.5, 0.6) is 0 Å². The van der Waals surface area contributed by atoms with Gasteiger partial charge in [-0.05, 0) is 44.7 Å². The lowest BCUT2D eigenvalue weighted by molar-refractivity contribution is 0.0518. The van der Waals surface area contributed by atoms with Crippen LogP contribution in [-0.2, 0) is 11.2 Å². The summed E-state index contributed by atoms with van der Waals surface area (Å²) in [6.45, 7) is 8.71. The molecule has 0 aliphatic rings. The van der Waals surface area contributed by atoms with Crippen molar-refractivity contribution in [1.82, 2.24) is 4.98 Å². The van der Waals surface area contributed by atoms with E-state index in [1.54, 1.807) is 0 Å². The van der Waals surface area contributed by atoms with Crippen molar-refractivity contribution in [2.24, 2.45) is 0 Å². The Balaban J connectivity index is 2.00. The van der Waals surface area contributed by atoms with Crippen LogP contribution in [0.1, 0.15) is 144 Å². The minimum absolute atomic E-state index is 0.208. The first kappa shape index (κ1) is 26.8. The Labute approximate surface area is 186 Å². The van der Waals surface area contributed by atoms with Gasteiger partial charge >= 0.3 is 5.97 Å². The molecule has 0 atom stereocenters. The highest BCUT2D eigenvalue weighted by atomic mass is 16.5. The van der Waals surface area contributed by atoms with E-state index in [0.717, 1.165) is 24.1 Å². The second kappa shape index (κ2) is 17.4. The van der Waals surface area contributed by atoms with Crippen molar-refractivity contribution in [1.29, 1.82) is 0 Å². The summed E-state index contributed by atoms with van der Waals surface area (Å²) in [5, 5.41) is 0. The van der Waals surface area contributed by atoms with Gasteiger partial charge in [-0.1, -0.05) is 103 Å². The van der Waals surface area contributed by atoms with Crippen LogP contribution < -0.4 is 0 Å². The third-order valence-electron chi connectivity index (χ3n) is 6.39. The van der Waals surface area contributed by atoms with Crippen molar-refractivity contribution in [2.75, 3.05) is 6.61 Å². The fourth-order valence-electron chi connectivity index (χ4n) is 4.31. The van der Waals surface area contributed by atoms with Crippen LogP contribution in [-0.4, -0.2) is 17.6 Å². The third-order valence-corrected chi connectivity index (χ3v) is 6.39. The van der Waals surface area contributed by atoms with Crippen molar-refractivity contribution < 1.29 is 9.53 Å². The molecule has 0 amide bonds. The molecule has 1 rings (SSSR count). The highest BCUT2D eigenvalue weighted by molar-refractivity contribution is 5.89. The number of rotatable bonds is 19. The van der Waals surface area contributed by atoms with Crippen LogP contribution in [0.2, 0.25) is 0 Å². The minimum Gasteiger partial charge on any atom is -0.461 e. The Kier molecular flexibility index (Phi) is 15.6. The Morgan fingerprint density at radius 2 is 1.13 bits per heavy atom. The van der Waals surface area contributed by atoms with Crippen molar-refractivity contribution in [2.45, 2.75) is 137 Å². The highest BCUT2D eigenvalue weighted by Gasteiger charge is 2.18. The summed E-state index contributed by atoms with van der Waals surface area (Å²) in [6.07, 6.45) is 23.1. The Morgan fingerprint density at radius 3 is 1.57 bits per heavy atom. The van der Waals surface area contributed by atoms with Gasteiger partial charge in [0, 0.05) is 5.69 Å². The van der Waals surface area contributed by atoms with Crippen molar-refractivity contribution >= 4 is 5.97 Å². The zero-order valence-corrected chi connectivity index (χ0v) is 20.5. The third kappa shape index (κ3) is 11.2. The second-order valence-electron chi connectivity index (χ2n) is 9.00. The van der Waals surface area contributed by atoms with Gasteiger partial charge in [0.1, 0.15) is 5.69 Å². The van der Waals surface area contributed by atoms with Gasteiger partial charge < -0.3 is 9.72 Å². The van der Waals surface area contributed by atoms with E-state index in [1.807, 2.05) is 13.8 Å². The number of carbonyl (C=O) groups is 1. The number of esters is 1. The number of hydrogen-bond donors (Lipinski definition) is 1. The minimum atomic E-state index is -0.208. The van der Waals surface area contributed by atoms with Gasteiger partial charge in [-0.2, -0.15) is 0 Å². The van der Waals surface area contributed by atoms with Crippen molar-refractivity contribution in [3.8, 4) is 0 Å². The van der Waals surface area contributed by atoms with E-state index < -0.39 is 0 Å². The summed E-state index contributed by atoms with van der Waals surface area (Å²) >= 11 is 0. The summed E-state index contributed by atoms with van der Waals surface area (Å²) < 4.78 is 5.20. The van der Waals surface area contributed by atoms with Gasteiger partial charge in [0.25, 0.3) is 0 Å². The van der Waals surface area contributed by atoms with Crippen molar-refractivity contribution in [3.63, 3.8) is 0 Å². The zero-order valence-electron chi connectivity index (χ0n) is 20.5. The molecule has 1 heterocycles. The van der Waals surface area contributed by atoms with E-state index in [2.05, 4.69) is 18.8 Å². The van der Waals surface area contributed by atoms with Crippen molar-refractivity contribution in [3.05, 3.63) is 22.5 Å². The van der Waals surface area contributed by atoms with Crippen LogP contribution in [0.3, 0.4) is 0 Å². The quantitative estimate of drug-likeness (QED) is 0.180. The Morgan fingerprint density at radius 1 is 0.700 bits per heavy atom. The number of ether oxygens (including phenoxy) is 1. The molecule has 1 N–H and O–H groups in total. The fourth-order valence-corrected chi connectivity index (χ4v) is 4.31.